The maximum absolute atomic E-state index is 13.3. The van der Waals surface area contributed by atoms with E-state index in [1.165, 1.54) is 18.3 Å². The van der Waals surface area contributed by atoms with E-state index >= 15 is 0 Å². The van der Waals surface area contributed by atoms with E-state index in [-0.39, 0.29) is 11.8 Å². The van der Waals surface area contributed by atoms with Gasteiger partial charge in [-0.25, -0.2) is 4.98 Å². The van der Waals surface area contributed by atoms with Crippen molar-refractivity contribution in [3.05, 3.63) is 95.4 Å². The summed E-state index contributed by atoms with van der Waals surface area (Å²) in [4.78, 5) is 31.8. The van der Waals surface area contributed by atoms with Gasteiger partial charge in [-0.2, -0.15) is 0 Å². The average Bonchev–Trinajstić information content (AvgIpc) is 3.26. The minimum atomic E-state index is -0.208. The Morgan fingerprint density at radius 1 is 0.906 bits per heavy atom. The van der Waals surface area contributed by atoms with Crippen LogP contribution in [-0.4, -0.2) is 28.7 Å². The summed E-state index contributed by atoms with van der Waals surface area (Å²) in [5.74, 6) is -0.217. The molecule has 6 heteroatoms. The van der Waals surface area contributed by atoms with Gasteiger partial charge in [0.1, 0.15) is 9.88 Å². The first-order valence-corrected chi connectivity index (χ1v) is 11.1. The number of carbonyl (C=O) groups is 2. The smallest absolute Gasteiger partial charge is 0.268 e. The van der Waals surface area contributed by atoms with Crippen molar-refractivity contribution in [2.45, 2.75) is 13.5 Å². The van der Waals surface area contributed by atoms with Crippen LogP contribution in [-0.2, 0) is 11.3 Å². The fraction of sp³-hybridized carbons (Fsp3) is 0.115. The summed E-state index contributed by atoms with van der Waals surface area (Å²) in [6.45, 7) is 2.01. The Kier molecular flexibility index (Phi) is 6.42. The number of benzene rings is 3. The van der Waals surface area contributed by atoms with Crippen molar-refractivity contribution < 1.29 is 9.59 Å². The zero-order valence-corrected chi connectivity index (χ0v) is 18.7. The van der Waals surface area contributed by atoms with Gasteiger partial charge in [-0.1, -0.05) is 72.8 Å². The largest absolute Gasteiger partial charge is 0.342 e. The molecule has 0 bridgehead atoms. The van der Waals surface area contributed by atoms with Crippen LogP contribution in [0.2, 0.25) is 0 Å². The minimum Gasteiger partial charge on any atom is -0.342 e. The van der Waals surface area contributed by atoms with E-state index in [1.807, 2.05) is 84.9 Å². The van der Waals surface area contributed by atoms with Crippen molar-refractivity contribution in [3.8, 4) is 21.8 Å². The highest BCUT2D eigenvalue weighted by Gasteiger charge is 2.20. The molecule has 0 aliphatic rings. The zero-order valence-electron chi connectivity index (χ0n) is 17.9. The summed E-state index contributed by atoms with van der Waals surface area (Å²) < 4.78 is 0. The highest BCUT2D eigenvalue weighted by atomic mass is 32.1. The summed E-state index contributed by atoms with van der Waals surface area (Å²) in [5, 5.41) is 3.80. The second kappa shape index (κ2) is 9.58. The minimum absolute atomic E-state index is 0.00922. The molecule has 0 aliphatic heterocycles. The number of nitrogens with one attached hydrogen (secondary N) is 1. The number of carbonyl (C=O) groups excluding carboxylic acids is 2. The van der Waals surface area contributed by atoms with E-state index in [0.717, 1.165) is 21.7 Å². The van der Waals surface area contributed by atoms with Crippen molar-refractivity contribution >= 4 is 28.8 Å². The first-order chi connectivity index (χ1) is 15.5. The Hall–Kier alpha value is -3.77. The van der Waals surface area contributed by atoms with Crippen LogP contribution in [0, 0.1) is 0 Å². The maximum Gasteiger partial charge on any atom is 0.268 e. The summed E-state index contributed by atoms with van der Waals surface area (Å²) in [5.41, 5.74) is 4.16. The fourth-order valence-electron chi connectivity index (χ4n) is 3.29. The molecular formula is C26H23N3O2S. The van der Waals surface area contributed by atoms with Crippen LogP contribution in [0.25, 0.3) is 21.8 Å². The molecule has 0 saturated carbocycles. The lowest BCUT2D eigenvalue weighted by molar-refractivity contribution is -0.128. The molecule has 0 radical (unpaired) electrons. The molecule has 1 N–H and O–H groups in total. The van der Waals surface area contributed by atoms with E-state index in [9.17, 15) is 9.59 Å². The zero-order chi connectivity index (χ0) is 22.5. The standard InChI is InChI=1S/C26H23N3O2S/c1-18(30)29(2)17-19-10-9-15-22(16-19)27-25(31)24-23(20-11-5-3-6-12-20)28-26(32-24)21-13-7-4-8-14-21/h3-16H,17H2,1-2H3,(H,27,31). The summed E-state index contributed by atoms with van der Waals surface area (Å²) in [6, 6.07) is 27.1. The molecule has 32 heavy (non-hydrogen) atoms. The van der Waals surface area contributed by atoms with Crippen molar-refractivity contribution in [1.29, 1.82) is 0 Å². The van der Waals surface area contributed by atoms with Gasteiger partial charge in [0.15, 0.2) is 0 Å². The lowest BCUT2D eigenvalue weighted by Crippen LogP contribution is -2.23. The number of nitrogens with zero attached hydrogens (tertiary/aromatic N) is 2. The summed E-state index contributed by atoms with van der Waals surface area (Å²) >= 11 is 1.38. The number of thiazole rings is 1. The molecule has 2 amide bonds. The Bertz CT molecular complexity index is 1240. The number of aromatic nitrogens is 1. The lowest BCUT2D eigenvalue weighted by Gasteiger charge is -2.15. The molecule has 160 valence electrons. The molecule has 0 unspecified atom stereocenters. The maximum atomic E-state index is 13.3. The van der Waals surface area contributed by atoms with Gasteiger partial charge in [-0.3, -0.25) is 9.59 Å². The molecule has 5 nitrogen and oxygen atoms in total. The van der Waals surface area contributed by atoms with Crippen molar-refractivity contribution in [3.63, 3.8) is 0 Å². The number of amides is 2. The quantitative estimate of drug-likeness (QED) is 0.417. The van der Waals surface area contributed by atoms with Crippen molar-refractivity contribution in [2.75, 3.05) is 12.4 Å². The monoisotopic (exact) mass is 441 g/mol. The highest BCUT2D eigenvalue weighted by molar-refractivity contribution is 7.17. The number of anilines is 1. The Labute approximate surface area is 191 Å². The molecular weight excluding hydrogens is 418 g/mol. The van der Waals surface area contributed by atoms with Crippen LogP contribution in [0.3, 0.4) is 0 Å². The summed E-state index contributed by atoms with van der Waals surface area (Å²) in [6.07, 6.45) is 0. The van der Waals surface area contributed by atoms with Gasteiger partial charge >= 0.3 is 0 Å². The Morgan fingerprint density at radius 3 is 2.22 bits per heavy atom. The third-order valence-electron chi connectivity index (χ3n) is 5.04. The van der Waals surface area contributed by atoms with Gasteiger partial charge in [0.25, 0.3) is 5.91 Å². The third kappa shape index (κ3) is 4.92. The van der Waals surface area contributed by atoms with Gasteiger partial charge in [0.2, 0.25) is 5.91 Å². The van der Waals surface area contributed by atoms with Crippen LogP contribution in [0.4, 0.5) is 5.69 Å². The van der Waals surface area contributed by atoms with Crippen molar-refractivity contribution in [2.24, 2.45) is 0 Å². The van der Waals surface area contributed by atoms with E-state index in [0.29, 0.717) is 22.8 Å². The molecule has 0 spiro atoms. The average molecular weight is 442 g/mol. The normalized spacial score (nSPS) is 10.6. The topological polar surface area (TPSA) is 62.3 Å². The van der Waals surface area contributed by atoms with Gasteiger partial charge in [-0.05, 0) is 17.7 Å². The highest BCUT2D eigenvalue weighted by Crippen LogP contribution is 2.34. The molecule has 0 aliphatic carbocycles. The van der Waals surface area contributed by atoms with Crippen molar-refractivity contribution in [1.82, 2.24) is 9.88 Å². The molecule has 0 saturated heterocycles. The van der Waals surface area contributed by atoms with E-state index in [1.54, 1.807) is 11.9 Å². The van der Waals surface area contributed by atoms with Crippen LogP contribution in [0.15, 0.2) is 84.9 Å². The van der Waals surface area contributed by atoms with Crippen LogP contribution >= 0.6 is 11.3 Å². The van der Waals surface area contributed by atoms with Crippen LogP contribution in [0.1, 0.15) is 22.2 Å². The number of hydrogen-bond donors (Lipinski definition) is 1. The third-order valence-corrected chi connectivity index (χ3v) is 6.15. The van der Waals surface area contributed by atoms with Crippen LogP contribution < -0.4 is 5.32 Å². The Balaban J connectivity index is 1.65. The first kappa shape index (κ1) is 21.5. The lowest BCUT2D eigenvalue weighted by atomic mass is 10.1. The van der Waals surface area contributed by atoms with Gasteiger partial charge in [0.05, 0.1) is 5.69 Å². The SMILES string of the molecule is CC(=O)N(C)Cc1cccc(NC(=O)c2sc(-c3ccccc3)nc2-c2ccccc2)c1. The predicted octanol–water partition coefficient (Wildman–Crippen LogP) is 5.71. The number of hydrogen-bond acceptors (Lipinski definition) is 4. The molecule has 4 aromatic rings. The Morgan fingerprint density at radius 2 is 1.56 bits per heavy atom. The van der Waals surface area contributed by atoms with Crippen LogP contribution in [0.5, 0.6) is 0 Å². The molecule has 1 aromatic heterocycles. The fourth-order valence-corrected chi connectivity index (χ4v) is 4.28. The predicted molar refractivity (Wildman–Crippen MR) is 130 cm³/mol. The molecule has 3 aromatic carbocycles. The summed E-state index contributed by atoms with van der Waals surface area (Å²) in [7, 11) is 1.75. The first-order valence-electron chi connectivity index (χ1n) is 10.2. The van der Waals surface area contributed by atoms with E-state index in [4.69, 9.17) is 4.98 Å². The molecule has 0 fully saturated rings. The second-order valence-electron chi connectivity index (χ2n) is 7.46. The van der Waals surface area contributed by atoms with Gasteiger partial charge in [0, 0.05) is 37.3 Å². The van der Waals surface area contributed by atoms with E-state index in [2.05, 4.69) is 5.32 Å². The van der Waals surface area contributed by atoms with Gasteiger partial charge < -0.3 is 10.2 Å². The number of rotatable bonds is 6. The second-order valence-corrected chi connectivity index (χ2v) is 8.46. The molecule has 0 atom stereocenters. The molecule has 4 rings (SSSR count). The van der Waals surface area contributed by atoms with Gasteiger partial charge in [-0.15, -0.1) is 11.3 Å². The molecule has 1 heterocycles. The van der Waals surface area contributed by atoms with E-state index < -0.39 is 0 Å².